The third kappa shape index (κ3) is 3.42. The van der Waals surface area contributed by atoms with Crippen LogP contribution in [0.1, 0.15) is 41.5 Å². The Morgan fingerprint density at radius 3 is 2.78 bits per heavy atom. The van der Waals surface area contributed by atoms with E-state index in [2.05, 4.69) is 20.4 Å². The van der Waals surface area contributed by atoms with Gasteiger partial charge in [0, 0.05) is 24.5 Å². The molecule has 6 heteroatoms. The van der Waals surface area contributed by atoms with E-state index in [9.17, 15) is 4.79 Å². The van der Waals surface area contributed by atoms with Gasteiger partial charge < -0.3 is 9.84 Å². The van der Waals surface area contributed by atoms with Crippen molar-refractivity contribution in [1.29, 1.82) is 0 Å². The summed E-state index contributed by atoms with van der Waals surface area (Å²) in [6.07, 6.45) is 5.77. The van der Waals surface area contributed by atoms with E-state index in [1.165, 1.54) is 0 Å². The smallest absolute Gasteiger partial charge is 0.242 e. The number of amides is 1. The van der Waals surface area contributed by atoms with Gasteiger partial charge >= 0.3 is 0 Å². The van der Waals surface area contributed by atoms with Crippen molar-refractivity contribution in [3.63, 3.8) is 0 Å². The maximum atomic E-state index is 12.8. The summed E-state index contributed by atoms with van der Waals surface area (Å²) in [6.45, 7) is 6.07. The van der Waals surface area contributed by atoms with Crippen molar-refractivity contribution in [2.24, 2.45) is 0 Å². The second-order valence-electron chi connectivity index (χ2n) is 5.95. The molecule has 122 valence electrons. The van der Waals surface area contributed by atoms with E-state index >= 15 is 0 Å². The SMILES string of the molecule is Cc1noc(C)c1CNC(=O)[C@@H](c1cccnc1)N1CCCC1. The summed E-state index contributed by atoms with van der Waals surface area (Å²) in [5.41, 5.74) is 2.71. The quantitative estimate of drug-likeness (QED) is 0.915. The lowest BCUT2D eigenvalue weighted by Crippen LogP contribution is -2.39. The summed E-state index contributed by atoms with van der Waals surface area (Å²) in [7, 11) is 0. The third-order valence-corrected chi connectivity index (χ3v) is 4.37. The Morgan fingerprint density at radius 2 is 2.17 bits per heavy atom. The number of rotatable bonds is 5. The number of aromatic nitrogens is 2. The second-order valence-corrected chi connectivity index (χ2v) is 5.95. The van der Waals surface area contributed by atoms with Gasteiger partial charge in [-0.15, -0.1) is 0 Å². The van der Waals surface area contributed by atoms with Gasteiger partial charge in [-0.25, -0.2) is 0 Å². The predicted molar refractivity (Wildman–Crippen MR) is 85.6 cm³/mol. The molecule has 1 atom stereocenters. The molecule has 2 aromatic rings. The number of hydrogen-bond donors (Lipinski definition) is 1. The highest BCUT2D eigenvalue weighted by Gasteiger charge is 2.30. The average Bonchev–Trinajstić information content (AvgIpc) is 3.18. The molecule has 3 heterocycles. The number of carbonyl (C=O) groups excluding carboxylic acids is 1. The van der Waals surface area contributed by atoms with Crippen molar-refractivity contribution < 1.29 is 9.32 Å². The van der Waals surface area contributed by atoms with E-state index < -0.39 is 0 Å². The Labute approximate surface area is 135 Å². The number of aryl methyl sites for hydroxylation is 2. The molecule has 0 spiro atoms. The molecule has 23 heavy (non-hydrogen) atoms. The van der Waals surface area contributed by atoms with Crippen molar-refractivity contribution in [3.8, 4) is 0 Å². The van der Waals surface area contributed by atoms with Crippen LogP contribution in [-0.2, 0) is 11.3 Å². The van der Waals surface area contributed by atoms with Gasteiger partial charge in [-0.2, -0.15) is 0 Å². The van der Waals surface area contributed by atoms with Crippen molar-refractivity contribution in [2.45, 2.75) is 39.3 Å². The van der Waals surface area contributed by atoms with Crippen LogP contribution in [0.3, 0.4) is 0 Å². The van der Waals surface area contributed by atoms with E-state index in [4.69, 9.17) is 4.52 Å². The largest absolute Gasteiger partial charge is 0.361 e. The maximum absolute atomic E-state index is 12.8. The van der Waals surface area contributed by atoms with Crippen LogP contribution in [0.25, 0.3) is 0 Å². The standard InChI is InChI=1S/C17H22N4O2/c1-12-15(13(2)23-20-12)11-19-17(22)16(21-8-3-4-9-21)14-6-5-7-18-10-14/h5-7,10,16H,3-4,8-9,11H2,1-2H3,(H,19,22)/t16-/m1/s1. The lowest BCUT2D eigenvalue weighted by molar-refractivity contribution is -0.126. The fraction of sp³-hybridized carbons (Fsp3) is 0.471. The molecular weight excluding hydrogens is 292 g/mol. The van der Waals surface area contributed by atoms with Crippen molar-refractivity contribution in [2.75, 3.05) is 13.1 Å². The van der Waals surface area contributed by atoms with E-state index in [0.29, 0.717) is 6.54 Å². The maximum Gasteiger partial charge on any atom is 0.242 e. The van der Waals surface area contributed by atoms with E-state index in [0.717, 1.165) is 48.5 Å². The first-order valence-electron chi connectivity index (χ1n) is 8.00. The van der Waals surface area contributed by atoms with Gasteiger partial charge in [0.2, 0.25) is 5.91 Å². The highest BCUT2D eigenvalue weighted by molar-refractivity contribution is 5.83. The van der Waals surface area contributed by atoms with Crippen molar-refractivity contribution in [1.82, 2.24) is 20.4 Å². The number of carbonyl (C=O) groups is 1. The summed E-state index contributed by atoms with van der Waals surface area (Å²) in [5.74, 6) is 0.752. The van der Waals surface area contributed by atoms with E-state index in [-0.39, 0.29) is 11.9 Å². The number of likely N-dealkylation sites (tertiary alicyclic amines) is 1. The molecule has 1 saturated heterocycles. The van der Waals surface area contributed by atoms with Gasteiger partial charge in [-0.05, 0) is 51.4 Å². The fourth-order valence-electron chi connectivity index (χ4n) is 3.09. The number of pyridine rings is 1. The van der Waals surface area contributed by atoms with Gasteiger partial charge in [-0.3, -0.25) is 14.7 Å². The minimum absolute atomic E-state index is 0.0000926. The summed E-state index contributed by atoms with van der Waals surface area (Å²) in [6, 6.07) is 3.55. The van der Waals surface area contributed by atoms with Gasteiger partial charge in [0.25, 0.3) is 0 Å². The molecule has 0 unspecified atom stereocenters. The molecule has 0 aliphatic carbocycles. The van der Waals surface area contributed by atoms with Gasteiger partial charge in [0.1, 0.15) is 11.8 Å². The van der Waals surface area contributed by atoms with Crippen LogP contribution < -0.4 is 5.32 Å². The van der Waals surface area contributed by atoms with Crippen LogP contribution in [-0.4, -0.2) is 34.0 Å². The number of nitrogens with zero attached hydrogens (tertiary/aromatic N) is 3. The highest BCUT2D eigenvalue weighted by atomic mass is 16.5. The number of nitrogens with one attached hydrogen (secondary N) is 1. The molecule has 0 radical (unpaired) electrons. The minimum Gasteiger partial charge on any atom is -0.361 e. The molecule has 0 bridgehead atoms. The van der Waals surface area contributed by atoms with Crippen LogP contribution >= 0.6 is 0 Å². The molecular formula is C17H22N4O2. The summed E-state index contributed by atoms with van der Waals surface area (Å²) >= 11 is 0. The van der Waals surface area contributed by atoms with Crippen LogP contribution in [0.5, 0.6) is 0 Å². The molecule has 1 N–H and O–H groups in total. The molecule has 3 rings (SSSR count). The second kappa shape index (κ2) is 6.91. The van der Waals surface area contributed by atoms with E-state index in [1.54, 1.807) is 12.4 Å². The zero-order valence-corrected chi connectivity index (χ0v) is 13.6. The zero-order chi connectivity index (χ0) is 16.2. The summed E-state index contributed by atoms with van der Waals surface area (Å²) in [5, 5.41) is 6.96. The third-order valence-electron chi connectivity index (χ3n) is 4.37. The lowest BCUT2D eigenvalue weighted by Gasteiger charge is -2.26. The van der Waals surface area contributed by atoms with Crippen LogP contribution in [0, 0.1) is 13.8 Å². The Kier molecular flexibility index (Phi) is 4.71. The molecule has 1 fully saturated rings. The topological polar surface area (TPSA) is 71.3 Å². The minimum atomic E-state index is -0.285. The van der Waals surface area contributed by atoms with Crippen LogP contribution in [0.4, 0.5) is 0 Å². The Balaban J connectivity index is 1.75. The molecule has 0 saturated carbocycles. The van der Waals surface area contributed by atoms with Crippen molar-refractivity contribution in [3.05, 3.63) is 47.1 Å². The summed E-state index contributed by atoms with van der Waals surface area (Å²) in [4.78, 5) is 19.2. The first-order valence-corrected chi connectivity index (χ1v) is 8.00. The molecule has 1 aliphatic rings. The average molecular weight is 314 g/mol. The number of hydrogen-bond acceptors (Lipinski definition) is 5. The van der Waals surface area contributed by atoms with Crippen LogP contribution in [0.2, 0.25) is 0 Å². The molecule has 0 aromatic carbocycles. The van der Waals surface area contributed by atoms with Gasteiger partial charge in [0.05, 0.1) is 5.69 Å². The molecule has 1 aliphatic heterocycles. The zero-order valence-electron chi connectivity index (χ0n) is 13.6. The fourth-order valence-corrected chi connectivity index (χ4v) is 3.09. The lowest BCUT2D eigenvalue weighted by atomic mass is 10.1. The van der Waals surface area contributed by atoms with E-state index in [1.807, 2.05) is 26.0 Å². The normalized spacial score (nSPS) is 16.4. The summed E-state index contributed by atoms with van der Waals surface area (Å²) < 4.78 is 5.15. The van der Waals surface area contributed by atoms with Crippen LogP contribution in [0.15, 0.2) is 29.0 Å². The first-order chi connectivity index (χ1) is 11.2. The molecule has 2 aromatic heterocycles. The monoisotopic (exact) mass is 314 g/mol. The Morgan fingerprint density at radius 1 is 1.39 bits per heavy atom. The first kappa shape index (κ1) is 15.7. The van der Waals surface area contributed by atoms with Gasteiger partial charge in [0.15, 0.2) is 0 Å². The van der Waals surface area contributed by atoms with Gasteiger partial charge in [-0.1, -0.05) is 11.2 Å². The molecule has 6 nitrogen and oxygen atoms in total. The Bertz CT molecular complexity index is 643. The van der Waals surface area contributed by atoms with Crippen molar-refractivity contribution >= 4 is 5.91 Å². The predicted octanol–water partition coefficient (Wildman–Crippen LogP) is 2.14. The highest BCUT2D eigenvalue weighted by Crippen LogP contribution is 2.25. The molecule has 1 amide bonds. The Hall–Kier alpha value is -2.21.